The van der Waals surface area contributed by atoms with Crippen molar-refractivity contribution in [3.8, 4) is 0 Å². The third-order valence-corrected chi connectivity index (χ3v) is 5.57. The number of benzene rings is 1. The molecule has 0 N–H and O–H groups in total. The van der Waals surface area contributed by atoms with Crippen LogP contribution in [0.3, 0.4) is 0 Å². The summed E-state index contributed by atoms with van der Waals surface area (Å²) >= 11 is 3.47. The molecule has 4 heteroatoms. The zero-order valence-corrected chi connectivity index (χ0v) is 13.5. The van der Waals surface area contributed by atoms with Crippen LogP contribution in [0.25, 0.3) is 0 Å². The Morgan fingerprint density at radius 2 is 2.00 bits per heavy atom. The molecule has 4 atom stereocenters. The molecule has 1 aromatic carbocycles. The number of piperidine rings is 1. The van der Waals surface area contributed by atoms with Crippen molar-refractivity contribution in [2.24, 2.45) is 5.92 Å². The minimum atomic E-state index is -0.0601. The Balaban J connectivity index is 1.95. The first-order chi connectivity index (χ1) is 9.61. The van der Waals surface area contributed by atoms with Crippen LogP contribution in [-0.4, -0.2) is 37.1 Å². The van der Waals surface area contributed by atoms with E-state index in [1.165, 1.54) is 19.1 Å². The van der Waals surface area contributed by atoms with Gasteiger partial charge >= 0.3 is 5.97 Å². The molecular weight excluding hydrogens is 318 g/mol. The van der Waals surface area contributed by atoms with Crippen molar-refractivity contribution in [3.63, 3.8) is 0 Å². The number of halogens is 1. The lowest BCUT2D eigenvalue weighted by atomic mass is 9.76. The number of ether oxygens (including phenoxy) is 1. The fourth-order valence-corrected chi connectivity index (χ4v) is 4.24. The Kier molecular flexibility index (Phi) is 3.87. The van der Waals surface area contributed by atoms with Crippen LogP contribution in [0.1, 0.15) is 30.7 Å². The summed E-state index contributed by atoms with van der Waals surface area (Å²) in [5.74, 6) is 0.185. The van der Waals surface area contributed by atoms with Gasteiger partial charge in [-0.05, 0) is 44.0 Å². The summed E-state index contributed by atoms with van der Waals surface area (Å²) < 4.78 is 6.16. The molecule has 0 aliphatic carbocycles. The fourth-order valence-electron chi connectivity index (χ4n) is 3.98. The minimum Gasteiger partial charge on any atom is -0.469 e. The highest BCUT2D eigenvalue weighted by molar-refractivity contribution is 9.10. The second-order valence-corrected chi connectivity index (χ2v) is 6.82. The van der Waals surface area contributed by atoms with E-state index in [0.29, 0.717) is 12.1 Å². The van der Waals surface area contributed by atoms with Crippen molar-refractivity contribution in [2.75, 3.05) is 14.2 Å². The number of nitrogens with zero attached hydrogens (tertiary/aromatic N) is 1. The van der Waals surface area contributed by atoms with Crippen molar-refractivity contribution < 1.29 is 9.53 Å². The molecule has 2 heterocycles. The molecule has 0 aromatic heterocycles. The number of hydrogen-bond acceptors (Lipinski definition) is 3. The van der Waals surface area contributed by atoms with Crippen LogP contribution in [0.5, 0.6) is 0 Å². The average molecular weight is 338 g/mol. The Morgan fingerprint density at radius 3 is 2.65 bits per heavy atom. The molecule has 0 amide bonds. The molecule has 0 saturated carbocycles. The van der Waals surface area contributed by atoms with Crippen LogP contribution < -0.4 is 0 Å². The van der Waals surface area contributed by atoms with Gasteiger partial charge in [-0.25, -0.2) is 0 Å². The second-order valence-electron chi connectivity index (χ2n) is 5.91. The molecule has 0 spiro atoms. The van der Waals surface area contributed by atoms with E-state index in [4.69, 9.17) is 4.74 Å². The lowest BCUT2D eigenvalue weighted by Crippen LogP contribution is -2.49. The lowest BCUT2D eigenvalue weighted by Gasteiger charge is -2.41. The molecule has 108 valence electrons. The van der Waals surface area contributed by atoms with E-state index in [0.717, 1.165) is 17.3 Å². The Bertz CT molecular complexity index is 502. The third kappa shape index (κ3) is 2.29. The minimum absolute atomic E-state index is 0.0371. The first kappa shape index (κ1) is 14.1. The van der Waals surface area contributed by atoms with Gasteiger partial charge in [-0.2, -0.15) is 0 Å². The van der Waals surface area contributed by atoms with Crippen LogP contribution in [0.2, 0.25) is 0 Å². The maximum atomic E-state index is 12.3. The van der Waals surface area contributed by atoms with Crippen LogP contribution >= 0.6 is 15.9 Å². The normalized spacial score (nSPS) is 33.1. The quantitative estimate of drug-likeness (QED) is 0.776. The summed E-state index contributed by atoms with van der Waals surface area (Å²) in [6.45, 7) is 0. The van der Waals surface area contributed by atoms with Crippen molar-refractivity contribution in [1.29, 1.82) is 0 Å². The number of hydrogen-bond donors (Lipinski definition) is 0. The number of carbonyl (C=O) groups excluding carboxylic acids is 1. The molecular formula is C16H20BrNO2. The van der Waals surface area contributed by atoms with Gasteiger partial charge in [0.25, 0.3) is 0 Å². The van der Waals surface area contributed by atoms with Gasteiger partial charge in [0, 0.05) is 22.5 Å². The van der Waals surface area contributed by atoms with E-state index in [-0.39, 0.29) is 17.8 Å². The zero-order valence-electron chi connectivity index (χ0n) is 11.9. The number of rotatable bonds is 2. The summed E-state index contributed by atoms with van der Waals surface area (Å²) in [5.41, 5.74) is 1.26. The van der Waals surface area contributed by atoms with Crippen LogP contribution in [0.4, 0.5) is 0 Å². The molecule has 2 aliphatic heterocycles. The van der Waals surface area contributed by atoms with Gasteiger partial charge in [0.15, 0.2) is 0 Å². The Hall–Kier alpha value is -0.870. The highest BCUT2D eigenvalue weighted by Gasteiger charge is 2.49. The van der Waals surface area contributed by atoms with Crippen LogP contribution in [0.15, 0.2) is 28.7 Å². The molecule has 0 unspecified atom stereocenters. The topological polar surface area (TPSA) is 29.5 Å². The lowest BCUT2D eigenvalue weighted by molar-refractivity contribution is -0.150. The summed E-state index contributed by atoms with van der Waals surface area (Å²) in [7, 11) is 3.65. The number of esters is 1. The van der Waals surface area contributed by atoms with Crippen molar-refractivity contribution in [3.05, 3.63) is 34.3 Å². The van der Waals surface area contributed by atoms with E-state index in [1.54, 1.807) is 0 Å². The second kappa shape index (κ2) is 5.49. The average Bonchev–Trinajstić information content (AvgIpc) is 2.70. The molecule has 20 heavy (non-hydrogen) atoms. The molecule has 2 saturated heterocycles. The highest BCUT2D eigenvalue weighted by Crippen LogP contribution is 2.46. The molecule has 3 rings (SSSR count). The number of fused-ring (bicyclic) bond motifs is 2. The Labute approximate surface area is 128 Å². The van der Waals surface area contributed by atoms with E-state index in [2.05, 4.69) is 52.1 Å². The SMILES string of the molecule is COC(=O)[C@@H]1[C@@H](c2ccc(Br)cc2)C[C@@H]2CC[C@H]1N2C. The Morgan fingerprint density at radius 1 is 1.30 bits per heavy atom. The number of carbonyl (C=O) groups is 1. The predicted molar refractivity (Wildman–Crippen MR) is 81.6 cm³/mol. The van der Waals surface area contributed by atoms with Crippen molar-refractivity contribution in [2.45, 2.75) is 37.3 Å². The standard InChI is InChI=1S/C16H20BrNO2/c1-18-12-7-8-14(18)15(16(19)20-2)13(9-12)10-3-5-11(17)6-4-10/h3-6,12-15H,7-9H2,1-2H3/t12-,13+,14+,15+/m0/s1. The van der Waals surface area contributed by atoms with Gasteiger partial charge < -0.3 is 4.74 Å². The first-order valence-electron chi connectivity index (χ1n) is 7.17. The molecule has 2 bridgehead atoms. The van der Waals surface area contributed by atoms with Gasteiger partial charge in [-0.15, -0.1) is 0 Å². The largest absolute Gasteiger partial charge is 0.469 e. The van der Waals surface area contributed by atoms with E-state index in [1.807, 2.05) is 0 Å². The number of methoxy groups -OCH3 is 1. The molecule has 2 aliphatic rings. The van der Waals surface area contributed by atoms with Crippen molar-refractivity contribution in [1.82, 2.24) is 4.90 Å². The van der Waals surface area contributed by atoms with E-state index in [9.17, 15) is 4.79 Å². The maximum absolute atomic E-state index is 12.3. The smallest absolute Gasteiger partial charge is 0.310 e. The van der Waals surface area contributed by atoms with Gasteiger partial charge in [0.1, 0.15) is 0 Å². The highest BCUT2D eigenvalue weighted by atomic mass is 79.9. The van der Waals surface area contributed by atoms with Gasteiger partial charge in [-0.3, -0.25) is 9.69 Å². The fraction of sp³-hybridized carbons (Fsp3) is 0.562. The third-order valence-electron chi connectivity index (χ3n) is 5.04. The van der Waals surface area contributed by atoms with E-state index >= 15 is 0 Å². The van der Waals surface area contributed by atoms with E-state index < -0.39 is 0 Å². The molecule has 3 nitrogen and oxygen atoms in total. The summed E-state index contributed by atoms with van der Waals surface area (Å²) in [5, 5.41) is 0. The summed E-state index contributed by atoms with van der Waals surface area (Å²) in [6, 6.07) is 9.32. The van der Waals surface area contributed by atoms with Gasteiger partial charge in [0.05, 0.1) is 13.0 Å². The van der Waals surface area contributed by atoms with Crippen LogP contribution in [0, 0.1) is 5.92 Å². The van der Waals surface area contributed by atoms with Crippen molar-refractivity contribution >= 4 is 21.9 Å². The summed E-state index contributed by atoms with van der Waals surface area (Å²) in [6.07, 6.45) is 3.35. The van der Waals surface area contributed by atoms with Gasteiger partial charge in [-0.1, -0.05) is 28.1 Å². The van der Waals surface area contributed by atoms with Crippen LogP contribution in [-0.2, 0) is 9.53 Å². The maximum Gasteiger partial charge on any atom is 0.310 e. The van der Waals surface area contributed by atoms with Gasteiger partial charge in [0.2, 0.25) is 0 Å². The summed E-state index contributed by atoms with van der Waals surface area (Å²) in [4.78, 5) is 14.7. The first-order valence-corrected chi connectivity index (χ1v) is 7.96. The monoisotopic (exact) mass is 337 g/mol. The molecule has 1 aromatic rings. The zero-order chi connectivity index (χ0) is 14.3. The predicted octanol–water partition coefficient (Wildman–Crippen LogP) is 3.19. The molecule has 2 fully saturated rings. The molecule has 0 radical (unpaired) electrons.